The van der Waals surface area contributed by atoms with Crippen molar-refractivity contribution in [2.45, 2.75) is 25.1 Å². The molecule has 136 valence electrons. The van der Waals surface area contributed by atoms with Gasteiger partial charge in [0, 0.05) is 25.3 Å². The van der Waals surface area contributed by atoms with Gasteiger partial charge in [-0.15, -0.1) is 12.4 Å². The van der Waals surface area contributed by atoms with Gasteiger partial charge in [-0.3, -0.25) is 4.79 Å². The summed E-state index contributed by atoms with van der Waals surface area (Å²) in [5.74, 6) is -0.229. The third kappa shape index (κ3) is 4.32. The molecule has 1 saturated heterocycles. The van der Waals surface area contributed by atoms with Crippen LogP contribution in [-0.4, -0.2) is 39.7 Å². The lowest BCUT2D eigenvalue weighted by Gasteiger charge is -2.29. The number of benzene rings is 1. The van der Waals surface area contributed by atoms with Crippen LogP contribution in [0.5, 0.6) is 0 Å². The highest BCUT2D eigenvalue weighted by molar-refractivity contribution is 5.92. The van der Waals surface area contributed by atoms with E-state index in [4.69, 9.17) is 5.73 Å². The van der Waals surface area contributed by atoms with Gasteiger partial charge in [-0.25, -0.2) is 4.68 Å². The van der Waals surface area contributed by atoms with Gasteiger partial charge >= 0.3 is 6.18 Å². The molecule has 5 nitrogen and oxygen atoms in total. The highest BCUT2D eigenvalue weighted by Gasteiger charge is 2.30. The Bertz CT molecular complexity index is 739. The third-order valence-electron chi connectivity index (χ3n) is 4.07. The normalized spacial score (nSPS) is 15.8. The number of hydrogen-bond donors (Lipinski definition) is 1. The average Bonchev–Trinajstić information content (AvgIpc) is 3.04. The molecule has 9 heteroatoms. The monoisotopic (exact) mass is 374 g/mol. The van der Waals surface area contributed by atoms with Gasteiger partial charge in [-0.05, 0) is 37.1 Å². The molecule has 0 unspecified atom stereocenters. The fourth-order valence-electron chi connectivity index (χ4n) is 2.67. The van der Waals surface area contributed by atoms with Crippen molar-refractivity contribution in [3.63, 3.8) is 0 Å². The van der Waals surface area contributed by atoms with Gasteiger partial charge in [0.25, 0.3) is 5.91 Å². The van der Waals surface area contributed by atoms with E-state index in [2.05, 4.69) is 5.10 Å². The summed E-state index contributed by atoms with van der Waals surface area (Å²) in [7, 11) is 0. The third-order valence-corrected chi connectivity index (χ3v) is 4.07. The minimum Gasteiger partial charge on any atom is -0.337 e. The van der Waals surface area contributed by atoms with E-state index in [1.54, 1.807) is 4.90 Å². The first-order valence-corrected chi connectivity index (χ1v) is 7.63. The largest absolute Gasteiger partial charge is 0.416 e. The van der Waals surface area contributed by atoms with Crippen molar-refractivity contribution < 1.29 is 18.0 Å². The van der Waals surface area contributed by atoms with Crippen LogP contribution in [-0.2, 0) is 6.18 Å². The second kappa shape index (κ2) is 7.45. The summed E-state index contributed by atoms with van der Waals surface area (Å²) in [5, 5.41) is 4.12. The van der Waals surface area contributed by atoms with Crippen LogP contribution in [0.4, 0.5) is 13.2 Å². The molecular formula is C16H18ClF3N4O. The summed E-state index contributed by atoms with van der Waals surface area (Å²) >= 11 is 0. The van der Waals surface area contributed by atoms with E-state index in [0.29, 0.717) is 13.1 Å². The van der Waals surface area contributed by atoms with Crippen LogP contribution in [0.1, 0.15) is 28.9 Å². The lowest BCUT2D eigenvalue weighted by molar-refractivity contribution is -0.137. The van der Waals surface area contributed by atoms with Crippen LogP contribution in [0, 0.1) is 0 Å². The zero-order valence-corrected chi connectivity index (χ0v) is 14.1. The van der Waals surface area contributed by atoms with Gasteiger partial charge in [0.1, 0.15) is 0 Å². The number of rotatable bonds is 2. The Balaban J connectivity index is 0.00000225. The zero-order valence-electron chi connectivity index (χ0n) is 13.2. The molecule has 1 aromatic heterocycles. The molecule has 0 radical (unpaired) electrons. The molecule has 0 spiro atoms. The van der Waals surface area contributed by atoms with Gasteiger partial charge in [0.2, 0.25) is 0 Å². The number of nitrogens with two attached hydrogens (primary N) is 1. The summed E-state index contributed by atoms with van der Waals surface area (Å²) in [4.78, 5) is 14.1. The van der Waals surface area contributed by atoms with Crippen LogP contribution in [0.3, 0.4) is 0 Å². The van der Waals surface area contributed by atoms with Crippen LogP contribution in [0.2, 0.25) is 0 Å². The molecule has 3 rings (SSSR count). The number of likely N-dealkylation sites (tertiary alicyclic amines) is 1. The number of piperidine rings is 1. The molecule has 2 N–H and O–H groups in total. The van der Waals surface area contributed by atoms with Crippen molar-refractivity contribution in [3.8, 4) is 5.69 Å². The Hall–Kier alpha value is -2.06. The second-order valence-electron chi connectivity index (χ2n) is 5.82. The highest BCUT2D eigenvalue weighted by Crippen LogP contribution is 2.30. The maximum absolute atomic E-state index is 12.8. The molecule has 2 heterocycles. The van der Waals surface area contributed by atoms with Crippen molar-refractivity contribution >= 4 is 18.3 Å². The number of carbonyl (C=O) groups excluding carboxylic acids is 1. The molecule has 25 heavy (non-hydrogen) atoms. The Morgan fingerprint density at radius 1 is 1.20 bits per heavy atom. The Labute approximate surface area is 149 Å². The van der Waals surface area contributed by atoms with E-state index >= 15 is 0 Å². The van der Waals surface area contributed by atoms with Gasteiger partial charge in [-0.2, -0.15) is 18.3 Å². The van der Waals surface area contributed by atoms with Gasteiger partial charge in [-0.1, -0.05) is 6.07 Å². The Kier molecular flexibility index (Phi) is 5.74. The van der Waals surface area contributed by atoms with Gasteiger partial charge in [0.15, 0.2) is 5.69 Å². The molecule has 0 saturated carbocycles. The lowest BCUT2D eigenvalue weighted by atomic mass is 10.1. The molecule has 2 aromatic rings. The first-order valence-electron chi connectivity index (χ1n) is 7.63. The van der Waals surface area contributed by atoms with E-state index in [-0.39, 0.29) is 35.7 Å². The number of nitrogens with zero attached hydrogens (tertiary/aromatic N) is 3. The topological polar surface area (TPSA) is 64.2 Å². The SMILES string of the molecule is Cl.NC1CCN(C(=O)c2ccn(-c3cccc(C(F)(F)F)c3)n2)CC1. The average molecular weight is 375 g/mol. The Morgan fingerprint density at radius 3 is 2.52 bits per heavy atom. The van der Waals surface area contributed by atoms with Gasteiger partial charge < -0.3 is 10.6 Å². The number of hydrogen-bond acceptors (Lipinski definition) is 3. The minimum absolute atomic E-state index is 0. The summed E-state index contributed by atoms with van der Waals surface area (Å²) in [6, 6.07) is 6.44. The standard InChI is InChI=1S/C16H17F3N4O.ClH/c17-16(18,19)11-2-1-3-13(10-11)23-9-6-14(21-23)15(24)22-7-4-12(20)5-8-22;/h1-3,6,9-10,12H,4-5,7-8,20H2;1H. The molecule has 0 atom stereocenters. The van der Waals surface area contributed by atoms with Crippen molar-refractivity contribution in [3.05, 3.63) is 47.8 Å². The minimum atomic E-state index is -4.42. The van der Waals surface area contributed by atoms with Crippen molar-refractivity contribution in [2.24, 2.45) is 5.73 Å². The molecule has 1 fully saturated rings. The smallest absolute Gasteiger partial charge is 0.337 e. The van der Waals surface area contributed by atoms with Crippen molar-refractivity contribution in [1.82, 2.24) is 14.7 Å². The quantitative estimate of drug-likeness (QED) is 0.879. The van der Waals surface area contributed by atoms with Gasteiger partial charge in [0.05, 0.1) is 11.3 Å². The van der Waals surface area contributed by atoms with Crippen molar-refractivity contribution in [1.29, 1.82) is 0 Å². The molecule has 0 bridgehead atoms. The summed E-state index contributed by atoms with van der Waals surface area (Å²) < 4.78 is 39.6. The number of amides is 1. The van der Waals surface area contributed by atoms with Crippen LogP contribution < -0.4 is 5.73 Å². The predicted molar refractivity (Wildman–Crippen MR) is 88.9 cm³/mol. The molecular weight excluding hydrogens is 357 g/mol. The van der Waals surface area contributed by atoms with Crippen molar-refractivity contribution in [2.75, 3.05) is 13.1 Å². The number of halogens is 4. The van der Waals surface area contributed by atoms with E-state index in [9.17, 15) is 18.0 Å². The summed E-state index contributed by atoms with van der Waals surface area (Å²) in [6.07, 6.45) is -1.47. The fraction of sp³-hybridized carbons (Fsp3) is 0.375. The van der Waals surface area contributed by atoms with E-state index in [1.165, 1.54) is 29.1 Å². The first-order chi connectivity index (χ1) is 11.3. The zero-order chi connectivity index (χ0) is 17.3. The second-order valence-corrected chi connectivity index (χ2v) is 5.82. The maximum atomic E-state index is 12.8. The number of carbonyl (C=O) groups is 1. The summed E-state index contributed by atoms with van der Waals surface area (Å²) in [6.45, 7) is 1.13. The Morgan fingerprint density at radius 2 is 1.88 bits per heavy atom. The molecule has 1 aliphatic heterocycles. The lowest BCUT2D eigenvalue weighted by Crippen LogP contribution is -2.43. The molecule has 1 aliphatic rings. The molecule has 0 aliphatic carbocycles. The van der Waals surface area contributed by atoms with Crippen LogP contribution >= 0.6 is 12.4 Å². The number of alkyl halides is 3. The van der Waals surface area contributed by atoms with Crippen LogP contribution in [0.25, 0.3) is 5.69 Å². The number of aromatic nitrogens is 2. The van der Waals surface area contributed by atoms with E-state index in [1.807, 2.05) is 0 Å². The maximum Gasteiger partial charge on any atom is 0.416 e. The molecule has 1 amide bonds. The molecule has 1 aromatic carbocycles. The highest BCUT2D eigenvalue weighted by atomic mass is 35.5. The van der Waals surface area contributed by atoms with Crippen LogP contribution in [0.15, 0.2) is 36.5 Å². The summed E-state index contributed by atoms with van der Waals surface area (Å²) in [5.41, 5.74) is 5.52. The first kappa shape index (κ1) is 19.3. The van der Waals surface area contributed by atoms with E-state index in [0.717, 1.165) is 25.0 Å². The fourth-order valence-corrected chi connectivity index (χ4v) is 2.67. The predicted octanol–water partition coefficient (Wildman–Crippen LogP) is 2.88. The van der Waals surface area contributed by atoms with E-state index < -0.39 is 11.7 Å².